The second-order valence-electron chi connectivity index (χ2n) is 8.13. The first kappa shape index (κ1) is 21.2. The van der Waals surface area contributed by atoms with Crippen LogP contribution in [0.15, 0.2) is 35.7 Å². The van der Waals surface area contributed by atoms with E-state index in [0.717, 1.165) is 17.1 Å². The molecule has 2 amide bonds. The Kier molecular flexibility index (Phi) is 6.47. The fourth-order valence-electron chi connectivity index (χ4n) is 3.14. The predicted molar refractivity (Wildman–Crippen MR) is 114 cm³/mol. The van der Waals surface area contributed by atoms with E-state index in [4.69, 9.17) is 9.47 Å². The summed E-state index contributed by atoms with van der Waals surface area (Å²) in [5.74, 6) is 1.04. The number of amides is 2. The largest absolute Gasteiger partial charge is 0.486 e. The average Bonchev–Trinajstić information content (AvgIpc) is 3.24. The minimum atomic E-state index is -0.597. The lowest BCUT2D eigenvalue weighted by atomic mass is 9.84. The summed E-state index contributed by atoms with van der Waals surface area (Å²) in [7, 11) is 0. The van der Waals surface area contributed by atoms with Gasteiger partial charge in [0.1, 0.15) is 19.3 Å². The van der Waals surface area contributed by atoms with Crippen LogP contribution >= 0.6 is 11.3 Å². The highest BCUT2D eigenvalue weighted by atomic mass is 32.1. The summed E-state index contributed by atoms with van der Waals surface area (Å²) in [6, 6.07) is 8.85. The van der Waals surface area contributed by atoms with Crippen molar-refractivity contribution in [1.29, 1.82) is 0 Å². The number of ether oxygens (including phenoxy) is 2. The van der Waals surface area contributed by atoms with Gasteiger partial charge in [0, 0.05) is 12.0 Å². The summed E-state index contributed by atoms with van der Waals surface area (Å²) in [5.41, 5.74) is 0.732. The van der Waals surface area contributed by atoms with Crippen LogP contribution in [-0.2, 0) is 10.2 Å². The average molecular weight is 417 g/mol. The molecule has 0 saturated heterocycles. The van der Waals surface area contributed by atoms with Crippen molar-refractivity contribution in [3.05, 3.63) is 46.2 Å². The second-order valence-corrected chi connectivity index (χ2v) is 9.08. The van der Waals surface area contributed by atoms with E-state index in [1.54, 1.807) is 6.07 Å². The van der Waals surface area contributed by atoms with Crippen molar-refractivity contribution in [3.8, 4) is 11.5 Å². The molecule has 1 aromatic carbocycles. The van der Waals surface area contributed by atoms with Crippen LogP contribution in [0.5, 0.6) is 11.5 Å². The van der Waals surface area contributed by atoms with Crippen LogP contribution < -0.4 is 20.1 Å². The lowest BCUT2D eigenvalue weighted by molar-refractivity contribution is -0.124. The first-order chi connectivity index (χ1) is 13.8. The van der Waals surface area contributed by atoms with Gasteiger partial charge in [-0.1, -0.05) is 39.8 Å². The maximum Gasteiger partial charge on any atom is 0.262 e. The molecule has 2 aromatic rings. The maximum atomic E-state index is 12.8. The molecule has 2 heterocycles. The molecule has 3 rings (SSSR count). The monoisotopic (exact) mass is 416 g/mol. The van der Waals surface area contributed by atoms with E-state index >= 15 is 0 Å². The molecule has 1 aromatic heterocycles. The Labute approximate surface area is 175 Å². The number of fused-ring (bicyclic) bond motifs is 1. The van der Waals surface area contributed by atoms with Gasteiger partial charge in [-0.25, -0.2) is 0 Å². The smallest absolute Gasteiger partial charge is 0.262 e. The van der Waals surface area contributed by atoms with Crippen molar-refractivity contribution in [1.82, 2.24) is 10.6 Å². The second kappa shape index (κ2) is 8.86. The van der Waals surface area contributed by atoms with E-state index in [-0.39, 0.29) is 23.1 Å². The molecule has 0 spiro atoms. The van der Waals surface area contributed by atoms with E-state index in [9.17, 15) is 9.59 Å². The quantitative estimate of drug-likeness (QED) is 0.726. The summed E-state index contributed by atoms with van der Waals surface area (Å²) >= 11 is 1.36. The summed E-state index contributed by atoms with van der Waals surface area (Å²) in [5, 5.41) is 7.71. The molecule has 1 atom stereocenters. The van der Waals surface area contributed by atoms with Gasteiger partial charge >= 0.3 is 0 Å². The first-order valence-electron chi connectivity index (χ1n) is 9.80. The number of carbonyl (C=O) groups excluding carboxylic acids is 2. The molecule has 0 fully saturated rings. The van der Waals surface area contributed by atoms with Gasteiger partial charge in [0.05, 0.1) is 4.88 Å². The Balaban J connectivity index is 1.64. The van der Waals surface area contributed by atoms with Crippen molar-refractivity contribution in [2.75, 3.05) is 19.8 Å². The summed E-state index contributed by atoms with van der Waals surface area (Å²) < 4.78 is 11.3. The molecule has 6 nitrogen and oxygen atoms in total. The van der Waals surface area contributed by atoms with Crippen molar-refractivity contribution >= 4 is 23.2 Å². The van der Waals surface area contributed by atoms with Gasteiger partial charge in [-0.05, 0) is 35.1 Å². The zero-order valence-electron chi connectivity index (χ0n) is 17.3. The Morgan fingerprint density at radius 3 is 2.52 bits per heavy atom. The minimum absolute atomic E-state index is 0.0312. The Hall–Kier alpha value is -2.54. The van der Waals surface area contributed by atoms with Crippen LogP contribution in [0.2, 0.25) is 0 Å². The zero-order chi connectivity index (χ0) is 21.0. The Morgan fingerprint density at radius 1 is 1.14 bits per heavy atom. The molecule has 29 heavy (non-hydrogen) atoms. The van der Waals surface area contributed by atoms with Crippen LogP contribution in [0, 0.1) is 5.92 Å². The molecule has 0 radical (unpaired) electrons. The number of hydrogen-bond donors (Lipinski definition) is 2. The van der Waals surface area contributed by atoms with Crippen LogP contribution in [-0.4, -0.2) is 37.6 Å². The molecule has 2 N–H and O–H groups in total. The topological polar surface area (TPSA) is 76.7 Å². The zero-order valence-corrected chi connectivity index (χ0v) is 18.1. The van der Waals surface area contributed by atoms with Crippen LogP contribution in [0.4, 0.5) is 0 Å². The number of carbonyl (C=O) groups is 2. The third-order valence-corrected chi connectivity index (χ3v) is 5.88. The van der Waals surface area contributed by atoms with Crippen LogP contribution in [0.25, 0.3) is 0 Å². The molecule has 0 bridgehead atoms. The molecule has 0 saturated carbocycles. The van der Waals surface area contributed by atoms with Gasteiger partial charge in [-0.15, -0.1) is 11.3 Å². The van der Waals surface area contributed by atoms with Crippen molar-refractivity contribution in [2.24, 2.45) is 5.92 Å². The highest BCUT2D eigenvalue weighted by Gasteiger charge is 2.28. The van der Waals surface area contributed by atoms with E-state index in [2.05, 4.69) is 24.5 Å². The van der Waals surface area contributed by atoms with E-state index in [1.807, 2.05) is 43.5 Å². The molecule has 7 heteroatoms. The van der Waals surface area contributed by atoms with Gasteiger partial charge in [0.25, 0.3) is 5.91 Å². The van der Waals surface area contributed by atoms with Gasteiger partial charge < -0.3 is 20.1 Å². The number of hydrogen-bond acceptors (Lipinski definition) is 5. The van der Waals surface area contributed by atoms with Crippen LogP contribution in [0.1, 0.15) is 42.9 Å². The predicted octanol–water partition coefficient (Wildman–Crippen LogP) is 3.37. The highest BCUT2D eigenvalue weighted by molar-refractivity contribution is 7.12. The fourth-order valence-corrected chi connectivity index (χ4v) is 3.77. The molecule has 1 unspecified atom stereocenters. The maximum absolute atomic E-state index is 12.8. The van der Waals surface area contributed by atoms with Gasteiger partial charge in [0.2, 0.25) is 5.91 Å². The molecule has 1 aliphatic heterocycles. The SMILES string of the molecule is CC(C)C(NC(=O)c1cccs1)C(=O)NCC(C)(C)c1ccc2c(c1)OCCO2. The Morgan fingerprint density at radius 2 is 1.86 bits per heavy atom. The Bertz CT molecular complexity index is 862. The molecular weight excluding hydrogens is 388 g/mol. The minimum Gasteiger partial charge on any atom is -0.486 e. The van der Waals surface area contributed by atoms with Crippen LogP contribution in [0.3, 0.4) is 0 Å². The summed E-state index contributed by atoms with van der Waals surface area (Å²) in [6.45, 7) is 9.49. The van der Waals surface area contributed by atoms with E-state index < -0.39 is 6.04 Å². The highest BCUT2D eigenvalue weighted by Crippen LogP contribution is 2.34. The third kappa shape index (κ3) is 5.09. The van der Waals surface area contributed by atoms with Gasteiger partial charge in [0.15, 0.2) is 11.5 Å². The lowest BCUT2D eigenvalue weighted by Gasteiger charge is -2.29. The van der Waals surface area contributed by atoms with Crippen molar-refractivity contribution < 1.29 is 19.1 Å². The molecule has 0 aliphatic carbocycles. The number of rotatable bonds is 7. The molecular formula is C22H28N2O4S. The fraction of sp³-hybridized carbons (Fsp3) is 0.455. The van der Waals surface area contributed by atoms with E-state index in [1.165, 1.54) is 11.3 Å². The van der Waals surface area contributed by atoms with Gasteiger partial charge in [-0.2, -0.15) is 0 Å². The summed E-state index contributed by atoms with van der Waals surface area (Å²) in [6.07, 6.45) is 0. The third-order valence-electron chi connectivity index (χ3n) is 5.01. The van der Waals surface area contributed by atoms with Crippen molar-refractivity contribution in [3.63, 3.8) is 0 Å². The van der Waals surface area contributed by atoms with Crippen molar-refractivity contribution in [2.45, 2.75) is 39.2 Å². The first-order valence-corrected chi connectivity index (χ1v) is 10.7. The number of thiophene rings is 1. The van der Waals surface area contributed by atoms with Gasteiger partial charge in [-0.3, -0.25) is 9.59 Å². The molecule has 156 valence electrons. The number of nitrogens with one attached hydrogen (secondary N) is 2. The molecule has 1 aliphatic rings. The standard InChI is InChI=1S/C22H28N2O4S/c1-14(2)19(24-20(25)18-6-5-11-29-18)21(26)23-13-22(3,4)15-7-8-16-17(12-15)28-10-9-27-16/h5-8,11-12,14,19H,9-10,13H2,1-4H3,(H,23,26)(H,24,25). The van der Waals surface area contributed by atoms with E-state index in [0.29, 0.717) is 24.6 Å². The normalized spacial score (nSPS) is 14.4. The number of benzene rings is 1. The summed E-state index contributed by atoms with van der Waals surface area (Å²) in [4.78, 5) is 25.8. The lowest BCUT2D eigenvalue weighted by Crippen LogP contribution is -2.51.